The number of nitrogens with zero attached hydrogens (tertiary/aromatic N) is 2. The molecule has 0 radical (unpaired) electrons. The highest BCUT2D eigenvalue weighted by Gasteiger charge is 2.14. The van der Waals surface area contributed by atoms with E-state index >= 15 is 0 Å². The van der Waals surface area contributed by atoms with Crippen LogP contribution in [0, 0.1) is 0 Å². The fourth-order valence-electron chi connectivity index (χ4n) is 2.51. The summed E-state index contributed by atoms with van der Waals surface area (Å²) in [6, 6.07) is 15.3. The first-order valence-corrected chi connectivity index (χ1v) is 8.45. The van der Waals surface area contributed by atoms with Crippen LogP contribution in [-0.4, -0.2) is 29.4 Å². The van der Waals surface area contributed by atoms with Crippen molar-refractivity contribution in [3.63, 3.8) is 0 Å². The molecule has 0 bridgehead atoms. The van der Waals surface area contributed by atoms with Crippen LogP contribution in [0.25, 0.3) is 11.3 Å². The molecule has 0 unspecified atom stereocenters. The second kappa shape index (κ2) is 8.03. The maximum Gasteiger partial charge on any atom is 0.299 e. The minimum absolute atomic E-state index is 0.0177. The number of anilines is 2. The monoisotopic (exact) mass is 370 g/mol. The molecule has 6 nitrogen and oxygen atoms in total. The standard InChI is InChI=1S/C19H19ClN4O2/c1-24(18(25)10-21)12-13-4-2-3-5-16(13)17-11-22-19(26-17)23-15-8-6-14(20)7-9-15/h2-9,11H,10,12,21H2,1H3,(H,22,23). The molecule has 26 heavy (non-hydrogen) atoms. The Morgan fingerprint density at radius 3 is 2.69 bits per heavy atom. The van der Waals surface area contributed by atoms with Crippen molar-refractivity contribution >= 4 is 29.2 Å². The van der Waals surface area contributed by atoms with Crippen LogP contribution in [0.5, 0.6) is 0 Å². The second-order valence-electron chi connectivity index (χ2n) is 5.77. The Balaban J connectivity index is 1.80. The Kier molecular flexibility index (Phi) is 5.55. The molecule has 134 valence electrons. The van der Waals surface area contributed by atoms with Crippen LogP contribution >= 0.6 is 11.6 Å². The number of benzene rings is 2. The highest BCUT2D eigenvalue weighted by molar-refractivity contribution is 6.30. The van der Waals surface area contributed by atoms with Crippen LogP contribution in [0.4, 0.5) is 11.7 Å². The Labute approximate surface area is 156 Å². The molecule has 3 aromatic rings. The van der Waals surface area contributed by atoms with Gasteiger partial charge in [-0.15, -0.1) is 0 Å². The number of rotatable bonds is 6. The van der Waals surface area contributed by atoms with Crippen molar-refractivity contribution in [2.45, 2.75) is 6.54 Å². The first-order chi connectivity index (χ1) is 12.6. The van der Waals surface area contributed by atoms with Crippen molar-refractivity contribution in [1.29, 1.82) is 0 Å². The topological polar surface area (TPSA) is 84.4 Å². The first kappa shape index (κ1) is 18.0. The molecule has 0 atom stereocenters. The zero-order valence-electron chi connectivity index (χ0n) is 14.3. The van der Waals surface area contributed by atoms with Crippen LogP contribution in [0.15, 0.2) is 59.1 Å². The summed E-state index contributed by atoms with van der Waals surface area (Å²) in [6.07, 6.45) is 1.65. The second-order valence-corrected chi connectivity index (χ2v) is 6.21. The van der Waals surface area contributed by atoms with Gasteiger partial charge in [-0.1, -0.05) is 35.9 Å². The molecule has 1 aromatic heterocycles. The van der Waals surface area contributed by atoms with E-state index in [1.807, 2.05) is 36.4 Å². The molecule has 0 aliphatic carbocycles. The average Bonchev–Trinajstić information content (AvgIpc) is 3.11. The molecule has 0 saturated heterocycles. The Hall–Kier alpha value is -2.83. The van der Waals surface area contributed by atoms with Gasteiger partial charge >= 0.3 is 0 Å². The van der Waals surface area contributed by atoms with Crippen LogP contribution in [0.3, 0.4) is 0 Å². The van der Waals surface area contributed by atoms with Gasteiger partial charge in [-0.05, 0) is 29.8 Å². The Bertz CT molecular complexity index is 893. The maximum atomic E-state index is 11.7. The van der Waals surface area contributed by atoms with Crippen molar-refractivity contribution in [2.75, 3.05) is 18.9 Å². The number of nitrogens with one attached hydrogen (secondary N) is 1. The lowest BCUT2D eigenvalue weighted by Crippen LogP contribution is -2.32. The van der Waals surface area contributed by atoms with E-state index in [4.69, 9.17) is 21.8 Å². The SMILES string of the molecule is CN(Cc1ccccc1-c1cnc(Nc2ccc(Cl)cc2)o1)C(=O)CN. The summed E-state index contributed by atoms with van der Waals surface area (Å²) in [6.45, 7) is 0.420. The smallest absolute Gasteiger partial charge is 0.299 e. The normalized spacial score (nSPS) is 10.6. The summed E-state index contributed by atoms with van der Waals surface area (Å²) in [5.74, 6) is 0.494. The largest absolute Gasteiger partial charge is 0.423 e. The summed E-state index contributed by atoms with van der Waals surface area (Å²) in [4.78, 5) is 17.6. The molecule has 0 saturated carbocycles. The first-order valence-electron chi connectivity index (χ1n) is 8.07. The summed E-state index contributed by atoms with van der Waals surface area (Å²) in [5, 5.41) is 3.75. The van der Waals surface area contributed by atoms with E-state index in [1.165, 1.54) is 0 Å². The number of carbonyl (C=O) groups is 1. The molecule has 1 heterocycles. The van der Waals surface area contributed by atoms with Gasteiger partial charge in [0.05, 0.1) is 12.7 Å². The predicted molar refractivity (Wildman–Crippen MR) is 102 cm³/mol. The number of carbonyl (C=O) groups excluding carboxylic acids is 1. The summed E-state index contributed by atoms with van der Waals surface area (Å²) >= 11 is 5.89. The number of oxazole rings is 1. The van der Waals surface area contributed by atoms with Gasteiger partial charge in [0, 0.05) is 29.9 Å². The maximum absolute atomic E-state index is 11.7. The van der Waals surface area contributed by atoms with Gasteiger partial charge in [-0.25, -0.2) is 4.98 Å². The lowest BCUT2D eigenvalue weighted by Gasteiger charge is -2.17. The summed E-state index contributed by atoms with van der Waals surface area (Å²) in [5.41, 5.74) is 8.07. The fraction of sp³-hybridized carbons (Fsp3) is 0.158. The van der Waals surface area contributed by atoms with E-state index in [-0.39, 0.29) is 12.5 Å². The average molecular weight is 371 g/mol. The molecule has 0 aliphatic rings. The Morgan fingerprint density at radius 2 is 1.96 bits per heavy atom. The number of likely N-dealkylation sites (N-methyl/N-ethyl adjacent to an activating group) is 1. The summed E-state index contributed by atoms with van der Waals surface area (Å²) < 4.78 is 5.83. The van der Waals surface area contributed by atoms with Crippen molar-refractivity contribution in [3.05, 3.63) is 65.3 Å². The van der Waals surface area contributed by atoms with Crippen LogP contribution in [0.2, 0.25) is 5.02 Å². The van der Waals surface area contributed by atoms with E-state index in [0.29, 0.717) is 23.3 Å². The molecule has 3 N–H and O–H groups in total. The third-order valence-corrected chi connectivity index (χ3v) is 4.14. The van der Waals surface area contributed by atoms with Crippen LogP contribution in [0.1, 0.15) is 5.56 Å². The minimum atomic E-state index is -0.123. The van der Waals surface area contributed by atoms with Crippen molar-refractivity contribution in [2.24, 2.45) is 5.73 Å². The van der Waals surface area contributed by atoms with E-state index in [0.717, 1.165) is 16.8 Å². The van der Waals surface area contributed by atoms with Gasteiger partial charge in [0.1, 0.15) is 0 Å². The van der Waals surface area contributed by atoms with Gasteiger partial charge in [0.25, 0.3) is 6.01 Å². The van der Waals surface area contributed by atoms with Crippen molar-refractivity contribution in [1.82, 2.24) is 9.88 Å². The lowest BCUT2D eigenvalue weighted by molar-refractivity contribution is -0.128. The van der Waals surface area contributed by atoms with E-state index in [1.54, 1.807) is 30.3 Å². The summed E-state index contributed by atoms with van der Waals surface area (Å²) in [7, 11) is 1.72. The van der Waals surface area contributed by atoms with Crippen molar-refractivity contribution in [3.8, 4) is 11.3 Å². The molecule has 3 rings (SSSR count). The number of halogens is 1. The molecule has 1 amide bonds. The Morgan fingerprint density at radius 1 is 1.23 bits per heavy atom. The molecule has 0 fully saturated rings. The number of amides is 1. The predicted octanol–water partition coefficient (Wildman–Crippen LogP) is 3.66. The number of aromatic nitrogens is 1. The van der Waals surface area contributed by atoms with Gasteiger partial charge in [0.15, 0.2) is 5.76 Å². The van der Waals surface area contributed by atoms with E-state index < -0.39 is 0 Å². The lowest BCUT2D eigenvalue weighted by atomic mass is 10.1. The number of hydrogen-bond acceptors (Lipinski definition) is 5. The molecule has 0 aliphatic heterocycles. The van der Waals surface area contributed by atoms with Crippen molar-refractivity contribution < 1.29 is 9.21 Å². The molecule has 2 aromatic carbocycles. The molecule has 0 spiro atoms. The fourth-order valence-corrected chi connectivity index (χ4v) is 2.64. The zero-order chi connectivity index (χ0) is 18.5. The van der Waals surface area contributed by atoms with E-state index in [2.05, 4.69) is 10.3 Å². The third-order valence-electron chi connectivity index (χ3n) is 3.89. The van der Waals surface area contributed by atoms with Crippen LogP contribution < -0.4 is 11.1 Å². The zero-order valence-corrected chi connectivity index (χ0v) is 15.0. The van der Waals surface area contributed by atoms with Gasteiger partial charge in [0.2, 0.25) is 5.91 Å². The molecule has 7 heteroatoms. The quantitative estimate of drug-likeness (QED) is 0.691. The highest BCUT2D eigenvalue weighted by Crippen LogP contribution is 2.28. The highest BCUT2D eigenvalue weighted by atomic mass is 35.5. The van der Waals surface area contributed by atoms with E-state index in [9.17, 15) is 4.79 Å². The number of nitrogens with two attached hydrogens (primary N) is 1. The third kappa shape index (κ3) is 4.22. The molecular formula is C19H19ClN4O2. The van der Waals surface area contributed by atoms with Gasteiger partial charge < -0.3 is 20.4 Å². The minimum Gasteiger partial charge on any atom is -0.423 e. The molecular weight excluding hydrogens is 352 g/mol. The van der Waals surface area contributed by atoms with Gasteiger partial charge in [-0.3, -0.25) is 4.79 Å². The van der Waals surface area contributed by atoms with Crippen LogP contribution in [-0.2, 0) is 11.3 Å². The number of hydrogen-bond donors (Lipinski definition) is 2. The van der Waals surface area contributed by atoms with Gasteiger partial charge in [-0.2, -0.15) is 0 Å².